The largest absolute Gasteiger partial charge is 1.00 e. The zero-order valence-electron chi connectivity index (χ0n) is 17.6. The predicted octanol–water partition coefficient (Wildman–Crippen LogP) is 2.13. The molecule has 0 amide bonds. The van der Waals surface area contributed by atoms with E-state index in [9.17, 15) is 0 Å². The molecule has 1 unspecified atom stereocenters. The van der Waals surface area contributed by atoms with Crippen molar-refractivity contribution in [3.63, 3.8) is 0 Å². The Morgan fingerprint density at radius 2 is 1.16 bits per heavy atom. The third-order valence-electron chi connectivity index (χ3n) is 4.60. The van der Waals surface area contributed by atoms with Gasteiger partial charge in [-0.05, 0) is 26.7 Å². The van der Waals surface area contributed by atoms with E-state index in [2.05, 4.69) is 33.4 Å². The molecule has 0 spiro atoms. The molecule has 4 heteroatoms. The van der Waals surface area contributed by atoms with Crippen molar-refractivity contribution in [2.75, 3.05) is 19.8 Å². The third kappa shape index (κ3) is 18.9. The molecule has 1 atom stereocenters. The van der Waals surface area contributed by atoms with Crippen molar-refractivity contribution >= 4 is 0 Å². The van der Waals surface area contributed by atoms with Crippen molar-refractivity contribution in [1.82, 2.24) is 0 Å². The number of unbranched alkanes of at least 4 members (excludes halogenated alkanes) is 10. The van der Waals surface area contributed by atoms with Crippen LogP contribution in [-0.2, 0) is 9.47 Å². The van der Waals surface area contributed by atoms with Crippen LogP contribution >= 0.6 is 0 Å². The molecule has 0 radical (unpaired) electrons. The normalized spacial score (nSPS) is 12.8. The molecule has 0 aromatic carbocycles. The molecule has 25 heavy (non-hydrogen) atoms. The highest BCUT2D eigenvalue weighted by molar-refractivity contribution is 4.76. The summed E-state index contributed by atoms with van der Waals surface area (Å²) in [4.78, 5) is 0. The summed E-state index contributed by atoms with van der Waals surface area (Å²) in [6.45, 7) is 11.2. The molecule has 0 aliphatic rings. The number of halogens is 1. The standard InChI is InChI=1S/C21H45NO2.BrH/c1-5-7-9-11-13-15-17-23-19-20(21(3,4)22)24-18-16-14-12-10-8-6-2;/h20H,5-19,22H2,1-4H3;1H. The van der Waals surface area contributed by atoms with Crippen LogP contribution in [0.1, 0.15) is 105 Å². The minimum Gasteiger partial charge on any atom is -1.00 e. The van der Waals surface area contributed by atoms with Crippen LogP contribution in [0.25, 0.3) is 0 Å². The van der Waals surface area contributed by atoms with Gasteiger partial charge in [-0.25, -0.2) is 0 Å². The molecule has 0 fully saturated rings. The Bertz CT molecular complexity index is 257. The lowest BCUT2D eigenvalue weighted by Gasteiger charge is -2.27. The Kier molecular flexibility index (Phi) is 21.1. The molecule has 0 heterocycles. The summed E-state index contributed by atoms with van der Waals surface area (Å²) in [5.41, 5.74) is 4.16. The third-order valence-corrected chi connectivity index (χ3v) is 4.60. The van der Waals surface area contributed by atoms with Crippen molar-refractivity contribution in [3.05, 3.63) is 0 Å². The van der Waals surface area contributed by atoms with E-state index in [4.69, 9.17) is 9.47 Å². The van der Waals surface area contributed by atoms with E-state index in [0.29, 0.717) is 6.61 Å². The number of rotatable bonds is 18. The first-order valence-electron chi connectivity index (χ1n) is 10.6. The second-order valence-corrected chi connectivity index (χ2v) is 7.96. The van der Waals surface area contributed by atoms with E-state index in [1.54, 1.807) is 0 Å². The number of ether oxygens (including phenoxy) is 2. The molecular weight excluding hydrogens is 378 g/mol. The lowest BCUT2D eigenvalue weighted by atomic mass is 9.99. The minimum atomic E-state index is -0.0939. The maximum Gasteiger partial charge on any atom is 0.134 e. The first kappa shape index (κ1) is 27.6. The van der Waals surface area contributed by atoms with Gasteiger partial charge in [-0.3, -0.25) is 0 Å². The summed E-state index contributed by atoms with van der Waals surface area (Å²) >= 11 is 0. The minimum absolute atomic E-state index is 0. The zero-order chi connectivity index (χ0) is 18.1. The Morgan fingerprint density at radius 1 is 0.720 bits per heavy atom. The fraction of sp³-hybridized carbons (Fsp3) is 1.00. The van der Waals surface area contributed by atoms with Gasteiger partial charge in [-0.2, -0.15) is 0 Å². The van der Waals surface area contributed by atoms with Crippen LogP contribution in [0.4, 0.5) is 0 Å². The van der Waals surface area contributed by atoms with Gasteiger partial charge in [-0.1, -0.05) is 78.1 Å². The number of quaternary nitrogens is 1. The lowest BCUT2D eigenvalue weighted by molar-refractivity contribution is -0.487. The topological polar surface area (TPSA) is 46.1 Å². The van der Waals surface area contributed by atoms with Gasteiger partial charge in [0.1, 0.15) is 11.6 Å². The average molecular weight is 425 g/mol. The lowest BCUT2D eigenvalue weighted by Crippen LogP contribution is -3.00. The highest BCUT2D eigenvalue weighted by atomic mass is 79.9. The van der Waals surface area contributed by atoms with Crippen LogP contribution in [0, 0.1) is 0 Å². The summed E-state index contributed by atoms with van der Waals surface area (Å²) < 4.78 is 12.0. The van der Waals surface area contributed by atoms with Gasteiger partial charge in [0.2, 0.25) is 0 Å². The van der Waals surface area contributed by atoms with Crippen LogP contribution in [0.2, 0.25) is 0 Å². The molecule has 0 saturated heterocycles. The fourth-order valence-corrected chi connectivity index (χ4v) is 2.78. The molecule has 3 N–H and O–H groups in total. The van der Waals surface area contributed by atoms with E-state index in [1.165, 1.54) is 70.6 Å². The van der Waals surface area contributed by atoms with Gasteiger partial charge >= 0.3 is 0 Å². The molecule has 0 aromatic heterocycles. The van der Waals surface area contributed by atoms with Crippen LogP contribution in [0.3, 0.4) is 0 Å². The number of hydrogen-bond donors (Lipinski definition) is 1. The van der Waals surface area contributed by atoms with Crippen LogP contribution < -0.4 is 22.7 Å². The highest BCUT2D eigenvalue weighted by Crippen LogP contribution is 2.12. The molecule has 0 bridgehead atoms. The predicted molar refractivity (Wildman–Crippen MR) is 104 cm³/mol. The summed E-state index contributed by atoms with van der Waals surface area (Å²) in [6.07, 6.45) is 15.8. The maximum absolute atomic E-state index is 6.09. The van der Waals surface area contributed by atoms with Crippen LogP contribution in [0.5, 0.6) is 0 Å². The molecule has 0 aliphatic carbocycles. The first-order chi connectivity index (χ1) is 11.5. The van der Waals surface area contributed by atoms with Gasteiger partial charge in [0, 0.05) is 13.2 Å². The van der Waals surface area contributed by atoms with Crippen LogP contribution in [-0.4, -0.2) is 31.5 Å². The highest BCUT2D eigenvalue weighted by Gasteiger charge is 2.29. The van der Waals surface area contributed by atoms with E-state index in [0.717, 1.165) is 19.6 Å². The summed E-state index contributed by atoms with van der Waals surface area (Å²) in [6, 6.07) is 0. The molecule has 0 saturated carbocycles. The van der Waals surface area contributed by atoms with E-state index in [1.807, 2.05) is 0 Å². The molecule has 154 valence electrons. The average Bonchev–Trinajstić information content (AvgIpc) is 2.53. The second-order valence-electron chi connectivity index (χ2n) is 7.96. The molecule has 0 aromatic rings. The van der Waals surface area contributed by atoms with Gasteiger partial charge in [0.15, 0.2) is 0 Å². The smallest absolute Gasteiger partial charge is 0.134 e. The van der Waals surface area contributed by atoms with E-state index in [-0.39, 0.29) is 28.6 Å². The first-order valence-corrected chi connectivity index (χ1v) is 10.6. The molecular formula is C21H46BrNO2. The Hall–Kier alpha value is 0.360. The maximum atomic E-state index is 6.09. The number of hydrogen-bond acceptors (Lipinski definition) is 2. The SMILES string of the molecule is CCCCCCCCOCC(OCCCCCCCC)C(C)(C)[NH3+].[Br-]. The Morgan fingerprint density at radius 3 is 1.64 bits per heavy atom. The summed E-state index contributed by atoms with van der Waals surface area (Å²) in [5.74, 6) is 0. The van der Waals surface area contributed by atoms with Gasteiger partial charge in [0.25, 0.3) is 0 Å². The Balaban J connectivity index is 0. The van der Waals surface area contributed by atoms with Crippen molar-refractivity contribution in [3.8, 4) is 0 Å². The summed E-state index contributed by atoms with van der Waals surface area (Å²) in [5, 5.41) is 0. The second kappa shape index (κ2) is 19.1. The molecule has 0 aliphatic heterocycles. The zero-order valence-corrected chi connectivity index (χ0v) is 19.2. The van der Waals surface area contributed by atoms with Gasteiger partial charge in [-0.15, -0.1) is 0 Å². The van der Waals surface area contributed by atoms with Crippen molar-refractivity contribution in [2.45, 2.75) is 116 Å². The monoisotopic (exact) mass is 423 g/mol. The quantitative estimate of drug-likeness (QED) is 0.343. The van der Waals surface area contributed by atoms with Crippen molar-refractivity contribution in [1.29, 1.82) is 0 Å². The van der Waals surface area contributed by atoms with Gasteiger partial charge in [0.05, 0.1) is 6.61 Å². The van der Waals surface area contributed by atoms with Gasteiger partial charge < -0.3 is 32.2 Å². The van der Waals surface area contributed by atoms with Crippen LogP contribution in [0.15, 0.2) is 0 Å². The molecule has 0 rings (SSSR count). The van der Waals surface area contributed by atoms with E-state index >= 15 is 0 Å². The van der Waals surface area contributed by atoms with Crippen molar-refractivity contribution < 1.29 is 32.2 Å². The summed E-state index contributed by atoms with van der Waals surface area (Å²) in [7, 11) is 0. The van der Waals surface area contributed by atoms with E-state index < -0.39 is 0 Å². The van der Waals surface area contributed by atoms with Crippen molar-refractivity contribution in [2.24, 2.45) is 0 Å². The molecule has 3 nitrogen and oxygen atoms in total. The Labute approximate surface area is 168 Å². The fourth-order valence-electron chi connectivity index (χ4n) is 2.78.